The number of carbonyl (C=O) groups is 1. The lowest BCUT2D eigenvalue weighted by atomic mass is 10.2. The highest BCUT2D eigenvalue weighted by atomic mass is 16.5. The summed E-state index contributed by atoms with van der Waals surface area (Å²) in [6.45, 7) is 5.86. The SMILES string of the molecule is COc1ccc(CN2CCN(Cc3nc(C(=O)NCc4ccccc4)co3)CC2)cc1. The van der Waals surface area contributed by atoms with Crippen LogP contribution in [0.3, 0.4) is 0 Å². The maximum absolute atomic E-state index is 12.3. The van der Waals surface area contributed by atoms with Gasteiger partial charge in [0.05, 0.1) is 13.7 Å². The first kappa shape index (κ1) is 21.1. The molecule has 3 aromatic rings. The molecule has 1 amide bonds. The zero-order valence-electron chi connectivity index (χ0n) is 17.8. The van der Waals surface area contributed by atoms with Gasteiger partial charge in [-0.3, -0.25) is 14.6 Å². The number of methoxy groups -OCH3 is 1. The number of oxazole rings is 1. The van der Waals surface area contributed by atoms with Crippen molar-refractivity contribution in [2.75, 3.05) is 33.3 Å². The molecule has 0 radical (unpaired) electrons. The highest BCUT2D eigenvalue weighted by Gasteiger charge is 2.20. The zero-order valence-corrected chi connectivity index (χ0v) is 17.8. The number of aromatic nitrogens is 1. The van der Waals surface area contributed by atoms with Crippen molar-refractivity contribution in [1.29, 1.82) is 0 Å². The van der Waals surface area contributed by atoms with Crippen LogP contribution in [0.15, 0.2) is 65.3 Å². The van der Waals surface area contributed by atoms with E-state index in [1.807, 2.05) is 42.5 Å². The van der Waals surface area contributed by atoms with Crippen LogP contribution in [0.5, 0.6) is 5.75 Å². The fourth-order valence-electron chi connectivity index (χ4n) is 3.64. The first-order valence-electron chi connectivity index (χ1n) is 10.5. The normalized spacial score (nSPS) is 15.0. The average Bonchev–Trinajstić information content (AvgIpc) is 3.28. The maximum Gasteiger partial charge on any atom is 0.273 e. The van der Waals surface area contributed by atoms with E-state index in [1.165, 1.54) is 11.8 Å². The summed E-state index contributed by atoms with van der Waals surface area (Å²) >= 11 is 0. The summed E-state index contributed by atoms with van der Waals surface area (Å²) in [5, 5.41) is 2.88. The predicted octanol–water partition coefficient (Wildman–Crippen LogP) is 2.93. The Balaban J connectivity index is 1.21. The zero-order chi connectivity index (χ0) is 21.5. The first-order chi connectivity index (χ1) is 15.2. The molecule has 1 saturated heterocycles. The second kappa shape index (κ2) is 10.2. The number of nitrogens with one attached hydrogen (secondary N) is 1. The van der Waals surface area contributed by atoms with Crippen LogP contribution in [0, 0.1) is 0 Å². The number of hydrogen-bond donors (Lipinski definition) is 1. The van der Waals surface area contributed by atoms with E-state index in [-0.39, 0.29) is 5.91 Å². The van der Waals surface area contributed by atoms with E-state index >= 15 is 0 Å². The number of hydrogen-bond acceptors (Lipinski definition) is 6. The van der Waals surface area contributed by atoms with Crippen LogP contribution in [0.1, 0.15) is 27.5 Å². The van der Waals surface area contributed by atoms with Gasteiger partial charge in [-0.15, -0.1) is 0 Å². The second-order valence-corrected chi connectivity index (χ2v) is 7.70. The lowest BCUT2D eigenvalue weighted by molar-refractivity contribution is 0.0945. The van der Waals surface area contributed by atoms with Crippen LogP contribution in [-0.4, -0.2) is 54.0 Å². The van der Waals surface area contributed by atoms with Gasteiger partial charge in [0.15, 0.2) is 5.69 Å². The van der Waals surface area contributed by atoms with Crippen molar-refractivity contribution in [2.45, 2.75) is 19.6 Å². The fraction of sp³-hybridized carbons (Fsp3) is 0.333. The number of piperazine rings is 1. The Morgan fingerprint density at radius 2 is 1.65 bits per heavy atom. The number of nitrogens with zero attached hydrogens (tertiary/aromatic N) is 3. The van der Waals surface area contributed by atoms with Crippen LogP contribution < -0.4 is 10.1 Å². The molecule has 0 aliphatic carbocycles. The van der Waals surface area contributed by atoms with E-state index in [1.54, 1.807) is 7.11 Å². The summed E-state index contributed by atoms with van der Waals surface area (Å²) < 4.78 is 10.8. The molecule has 2 aromatic carbocycles. The first-order valence-corrected chi connectivity index (χ1v) is 10.5. The third-order valence-electron chi connectivity index (χ3n) is 5.47. The van der Waals surface area contributed by atoms with Gasteiger partial charge in [-0.05, 0) is 23.3 Å². The molecule has 1 aromatic heterocycles. The molecule has 0 unspecified atom stereocenters. The lowest BCUT2D eigenvalue weighted by Gasteiger charge is -2.34. The number of rotatable bonds is 8. The summed E-state index contributed by atoms with van der Waals surface area (Å²) in [6, 6.07) is 18.0. The molecule has 31 heavy (non-hydrogen) atoms. The Hall–Kier alpha value is -3.16. The van der Waals surface area contributed by atoms with E-state index in [4.69, 9.17) is 9.15 Å². The number of ether oxygens (including phenoxy) is 1. The third kappa shape index (κ3) is 5.93. The van der Waals surface area contributed by atoms with Crippen molar-refractivity contribution in [3.8, 4) is 5.75 Å². The molecule has 7 heteroatoms. The van der Waals surface area contributed by atoms with Crippen LogP contribution in [-0.2, 0) is 19.6 Å². The Labute approximate surface area is 182 Å². The molecule has 1 N–H and O–H groups in total. The number of amides is 1. The van der Waals surface area contributed by atoms with Gasteiger partial charge >= 0.3 is 0 Å². The molecular weight excluding hydrogens is 392 g/mol. The van der Waals surface area contributed by atoms with Crippen LogP contribution in [0.4, 0.5) is 0 Å². The minimum atomic E-state index is -0.219. The Kier molecular flexibility index (Phi) is 6.96. The molecule has 0 bridgehead atoms. The quantitative estimate of drug-likeness (QED) is 0.604. The van der Waals surface area contributed by atoms with E-state index < -0.39 is 0 Å². The minimum absolute atomic E-state index is 0.219. The maximum atomic E-state index is 12.3. The third-order valence-corrected chi connectivity index (χ3v) is 5.47. The van der Waals surface area contributed by atoms with E-state index in [0.717, 1.165) is 44.0 Å². The average molecular weight is 421 g/mol. The minimum Gasteiger partial charge on any atom is -0.497 e. The van der Waals surface area contributed by atoms with Gasteiger partial charge in [0, 0.05) is 39.3 Å². The summed E-state index contributed by atoms with van der Waals surface area (Å²) in [6.07, 6.45) is 1.44. The molecule has 0 spiro atoms. The van der Waals surface area contributed by atoms with Gasteiger partial charge in [-0.1, -0.05) is 42.5 Å². The van der Waals surface area contributed by atoms with E-state index in [0.29, 0.717) is 24.7 Å². The largest absolute Gasteiger partial charge is 0.497 e. The molecule has 0 atom stereocenters. The van der Waals surface area contributed by atoms with Gasteiger partial charge in [0.1, 0.15) is 12.0 Å². The predicted molar refractivity (Wildman–Crippen MR) is 118 cm³/mol. The van der Waals surface area contributed by atoms with Crippen LogP contribution >= 0.6 is 0 Å². The summed E-state index contributed by atoms with van der Waals surface area (Å²) in [5.74, 6) is 1.24. The van der Waals surface area contributed by atoms with Crippen molar-refractivity contribution >= 4 is 5.91 Å². The highest BCUT2D eigenvalue weighted by molar-refractivity contribution is 5.91. The molecular formula is C24H28N4O3. The van der Waals surface area contributed by atoms with E-state index in [9.17, 15) is 4.79 Å². The van der Waals surface area contributed by atoms with Crippen molar-refractivity contribution < 1.29 is 13.9 Å². The molecule has 1 aliphatic heterocycles. The highest BCUT2D eigenvalue weighted by Crippen LogP contribution is 2.15. The standard InChI is InChI=1S/C24H28N4O3/c1-30-21-9-7-20(8-10-21)16-27-11-13-28(14-12-27)17-23-26-22(18-31-23)24(29)25-15-19-5-3-2-4-6-19/h2-10,18H,11-17H2,1H3,(H,25,29). The second-order valence-electron chi connectivity index (χ2n) is 7.70. The number of carbonyl (C=O) groups excluding carboxylic acids is 1. The van der Waals surface area contributed by atoms with Crippen molar-refractivity contribution in [3.05, 3.63) is 83.6 Å². The van der Waals surface area contributed by atoms with Gasteiger partial charge in [-0.2, -0.15) is 0 Å². The Bertz CT molecular complexity index is 964. The van der Waals surface area contributed by atoms with Gasteiger partial charge in [0.25, 0.3) is 5.91 Å². The van der Waals surface area contributed by atoms with E-state index in [2.05, 4.69) is 32.2 Å². The summed E-state index contributed by atoms with van der Waals surface area (Å²) in [4.78, 5) is 21.4. The van der Waals surface area contributed by atoms with Crippen molar-refractivity contribution in [1.82, 2.24) is 20.1 Å². The fourth-order valence-corrected chi connectivity index (χ4v) is 3.64. The van der Waals surface area contributed by atoms with Gasteiger partial charge in [-0.25, -0.2) is 4.98 Å². The molecule has 1 fully saturated rings. The molecule has 4 rings (SSSR count). The molecule has 2 heterocycles. The van der Waals surface area contributed by atoms with Gasteiger partial charge in [0.2, 0.25) is 5.89 Å². The Morgan fingerprint density at radius 3 is 2.32 bits per heavy atom. The van der Waals surface area contributed by atoms with Crippen LogP contribution in [0.25, 0.3) is 0 Å². The van der Waals surface area contributed by atoms with Crippen LogP contribution in [0.2, 0.25) is 0 Å². The Morgan fingerprint density at radius 1 is 0.968 bits per heavy atom. The monoisotopic (exact) mass is 420 g/mol. The lowest BCUT2D eigenvalue weighted by Crippen LogP contribution is -2.45. The van der Waals surface area contributed by atoms with Crippen molar-refractivity contribution in [3.63, 3.8) is 0 Å². The summed E-state index contributed by atoms with van der Waals surface area (Å²) in [5.41, 5.74) is 2.66. The summed E-state index contributed by atoms with van der Waals surface area (Å²) in [7, 11) is 1.68. The smallest absolute Gasteiger partial charge is 0.273 e. The number of benzene rings is 2. The molecule has 1 aliphatic rings. The molecule has 162 valence electrons. The topological polar surface area (TPSA) is 70.8 Å². The van der Waals surface area contributed by atoms with Gasteiger partial charge < -0.3 is 14.5 Å². The molecule has 0 saturated carbocycles. The van der Waals surface area contributed by atoms with Crippen molar-refractivity contribution in [2.24, 2.45) is 0 Å². The molecule has 7 nitrogen and oxygen atoms in total.